The number of nitriles is 1. The molecule has 2 rings (SSSR count). The lowest BCUT2D eigenvalue weighted by molar-refractivity contribution is -0.117. The molecular weight excluding hydrogens is 401 g/mol. The standard InChI is InChI=1S/C20H19ClFN3O4/c1-20(2,10-26)7-15(27)18(28)13-9-25(3)17(16(13)21)19(29)24-12-4-5-14(22)11(6-12)8-23/h4-6,9,26H,7,10H2,1-3H3,(H,24,29). The lowest BCUT2D eigenvalue weighted by atomic mass is 9.86. The molecule has 0 spiro atoms. The highest BCUT2D eigenvalue weighted by molar-refractivity contribution is 6.48. The van der Waals surface area contributed by atoms with Gasteiger partial charge in [0.25, 0.3) is 5.91 Å². The largest absolute Gasteiger partial charge is 0.396 e. The molecule has 7 nitrogen and oxygen atoms in total. The first-order valence-electron chi connectivity index (χ1n) is 8.55. The molecule has 1 heterocycles. The monoisotopic (exact) mass is 419 g/mol. The zero-order valence-corrected chi connectivity index (χ0v) is 16.8. The van der Waals surface area contributed by atoms with E-state index in [1.807, 2.05) is 0 Å². The summed E-state index contributed by atoms with van der Waals surface area (Å²) in [6.07, 6.45) is 1.09. The summed E-state index contributed by atoms with van der Waals surface area (Å²) in [7, 11) is 1.48. The Morgan fingerprint density at radius 3 is 2.59 bits per heavy atom. The van der Waals surface area contributed by atoms with Crippen LogP contribution in [0.4, 0.5) is 10.1 Å². The summed E-state index contributed by atoms with van der Waals surface area (Å²) < 4.78 is 14.7. The van der Waals surface area contributed by atoms with Gasteiger partial charge in [-0.3, -0.25) is 14.4 Å². The van der Waals surface area contributed by atoms with Crippen LogP contribution < -0.4 is 5.32 Å². The molecule has 0 saturated carbocycles. The summed E-state index contributed by atoms with van der Waals surface area (Å²) in [5.41, 5.74) is -1.05. The van der Waals surface area contributed by atoms with Gasteiger partial charge in [0.1, 0.15) is 17.6 Å². The summed E-state index contributed by atoms with van der Waals surface area (Å²) in [6.45, 7) is 3.01. The topological polar surface area (TPSA) is 112 Å². The Bertz CT molecular complexity index is 1040. The number of carbonyl (C=O) groups is 3. The number of Topliss-reactive ketones (excluding diaryl/α,β-unsaturated/α-hetero) is 2. The number of ketones is 2. The van der Waals surface area contributed by atoms with Crippen LogP contribution in [0.1, 0.15) is 46.7 Å². The van der Waals surface area contributed by atoms with E-state index < -0.39 is 28.7 Å². The van der Waals surface area contributed by atoms with Gasteiger partial charge in [-0.2, -0.15) is 5.26 Å². The second kappa shape index (κ2) is 8.55. The molecule has 1 aromatic heterocycles. The van der Waals surface area contributed by atoms with Crippen molar-refractivity contribution in [2.24, 2.45) is 12.5 Å². The van der Waals surface area contributed by atoms with Crippen LogP contribution in [0.2, 0.25) is 5.02 Å². The second-order valence-electron chi connectivity index (χ2n) is 7.33. The van der Waals surface area contributed by atoms with E-state index in [-0.39, 0.29) is 40.6 Å². The third kappa shape index (κ3) is 4.88. The average molecular weight is 420 g/mol. The van der Waals surface area contributed by atoms with Gasteiger partial charge in [0.15, 0.2) is 0 Å². The number of carbonyl (C=O) groups excluding carboxylic acids is 3. The first-order chi connectivity index (χ1) is 13.5. The maximum atomic E-state index is 13.4. The number of anilines is 1. The Morgan fingerprint density at radius 1 is 1.34 bits per heavy atom. The summed E-state index contributed by atoms with van der Waals surface area (Å²) in [6, 6.07) is 5.15. The zero-order chi connectivity index (χ0) is 21.9. The maximum Gasteiger partial charge on any atom is 0.273 e. The molecule has 152 valence electrons. The predicted molar refractivity (Wildman–Crippen MR) is 104 cm³/mol. The summed E-state index contributed by atoms with van der Waals surface area (Å²) in [5.74, 6) is -3.02. The molecular formula is C20H19ClFN3O4. The van der Waals surface area contributed by atoms with Gasteiger partial charge in [0, 0.05) is 32.0 Å². The third-order valence-electron chi connectivity index (χ3n) is 4.24. The number of hydrogen-bond donors (Lipinski definition) is 2. The van der Waals surface area contributed by atoms with Gasteiger partial charge < -0.3 is 15.0 Å². The lowest BCUT2D eigenvalue weighted by Crippen LogP contribution is -2.26. The minimum Gasteiger partial charge on any atom is -0.396 e. The number of nitrogens with zero attached hydrogens (tertiary/aromatic N) is 2. The maximum absolute atomic E-state index is 13.4. The molecule has 9 heteroatoms. The molecule has 0 atom stereocenters. The van der Waals surface area contributed by atoms with Crippen LogP contribution in [0, 0.1) is 22.6 Å². The molecule has 2 N–H and O–H groups in total. The van der Waals surface area contributed by atoms with Crippen molar-refractivity contribution < 1.29 is 23.9 Å². The molecule has 1 amide bonds. The number of aryl methyl sites for hydroxylation is 1. The van der Waals surface area contributed by atoms with Crippen molar-refractivity contribution in [1.29, 1.82) is 5.26 Å². The van der Waals surface area contributed by atoms with Crippen molar-refractivity contribution in [3.63, 3.8) is 0 Å². The molecule has 0 aliphatic heterocycles. The molecule has 0 aliphatic rings. The number of benzene rings is 1. The Hall–Kier alpha value is -3.02. The van der Waals surface area contributed by atoms with E-state index in [0.29, 0.717) is 0 Å². The number of rotatable bonds is 7. The van der Waals surface area contributed by atoms with E-state index in [0.717, 1.165) is 12.1 Å². The zero-order valence-electron chi connectivity index (χ0n) is 16.0. The van der Waals surface area contributed by atoms with E-state index >= 15 is 0 Å². The van der Waals surface area contributed by atoms with Crippen molar-refractivity contribution in [3.8, 4) is 6.07 Å². The molecule has 0 unspecified atom stereocenters. The lowest BCUT2D eigenvalue weighted by Gasteiger charge is -2.19. The SMILES string of the molecule is Cn1cc(C(=O)C(=O)CC(C)(C)CO)c(Cl)c1C(=O)Nc1ccc(F)c(C#N)c1. The number of aliphatic hydroxyl groups excluding tert-OH is 1. The van der Waals surface area contributed by atoms with Crippen LogP contribution in [0.5, 0.6) is 0 Å². The van der Waals surface area contributed by atoms with Crippen molar-refractivity contribution in [2.45, 2.75) is 20.3 Å². The average Bonchev–Trinajstić information content (AvgIpc) is 2.96. The predicted octanol–water partition coefficient (Wildman–Crippen LogP) is 3.10. The van der Waals surface area contributed by atoms with E-state index in [1.165, 1.54) is 23.9 Å². The van der Waals surface area contributed by atoms with Crippen molar-refractivity contribution in [2.75, 3.05) is 11.9 Å². The molecule has 0 fully saturated rings. The fourth-order valence-corrected chi connectivity index (χ4v) is 2.97. The van der Waals surface area contributed by atoms with E-state index in [4.69, 9.17) is 16.9 Å². The van der Waals surface area contributed by atoms with Crippen molar-refractivity contribution in [1.82, 2.24) is 4.57 Å². The second-order valence-corrected chi connectivity index (χ2v) is 7.71. The number of halogens is 2. The molecule has 2 aromatic rings. The highest BCUT2D eigenvalue weighted by atomic mass is 35.5. The van der Waals surface area contributed by atoms with Gasteiger partial charge in [-0.15, -0.1) is 0 Å². The third-order valence-corrected chi connectivity index (χ3v) is 4.63. The number of aromatic nitrogens is 1. The van der Waals surface area contributed by atoms with Gasteiger partial charge >= 0.3 is 0 Å². The number of nitrogens with one attached hydrogen (secondary N) is 1. The highest BCUT2D eigenvalue weighted by Crippen LogP contribution is 2.27. The number of aliphatic hydroxyl groups is 1. The molecule has 0 radical (unpaired) electrons. The van der Waals surface area contributed by atoms with E-state index in [1.54, 1.807) is 19.9 Å². The molecule has 29 heavy (non-hydrogen) atoms. The highest BCUT2D eigenvalue weighted by Gasteiger charge is 2.30. The summed E-state index contributed by atoms with van der Waals surface area (Å²) in [5, 5.41) is 20.4. The van der Waals surface area contributed by atoms with Crippen LogP contribution in [-0.2, 0) is 11.8 Å². The molecule has 1 aromatic carbocycles. The van der Waals surface area contributed by atoms with Gasteiger partial charge in [0.2, 0.25) is 11.6 Å². The van der Waals surface area contributed by atoms with Crippen LogP contribution in [0.3, 0.4) is 0 Å². The Morgan fingerprint density at radius 2 is 2.00 bits per heavy atom. The molecule has 0 bridgehead atoms. The fraction of sp³-hybridized carbons (Fsp3) is 0.300. The van der Waals surface area contributed by atoms with Gasteiger partial charge in [-0.1, -0.05) is 25.4 Å². The van der Waals surface area contributed by atoms with Crippen LogP contribution >= 0.6 is 11.6 Å². The van der Waals surface area contributed by atoms with Gasteiger partial charge in [0.05, 0.1) is 16.1 Å². The van der Waals surface area contributed by atoms with E-state index in [2.05, 4.69) is 5.32 Å². The Kier molecular flexibility index (Phi) is 6.57. The minimum absolute atomic E-state index is 0.0768. The normalized spacial score (nSPS) is 11.1. The fourth-order valence-electron chi connectivity index (χ4n) is 2.62. The smallest absolute Gasteiger partial charge is 0.273 e. The molecule has 0 aliphatic carbocycles. The van der Waals surface area contributed by atoms with Crippen LogP contribution in [-0.4, -0.2) is 33.8 Å². The van der Waals surface area contributed by atoms with Crippen molar-refractivity contribution >= 4 is 34.8 Å². The number of amides is 1. The number of hydrogen-bond acceptors (Lipinski definition) is 5. The molecule has 0 saturated heterocycles. The van der Waals surface area contributed by atoms with Gasteiger partial charge in [-0.25, -0.2) is 4.39 Å². The quantitative estimate of drug-likeness (QED) is 0.529. The van der Waals surface area contributed by atoms with E-state index in [9.17, 15) is 23.9 Å². The van der Waals surface area contributed by atoms with Gasteiger partial charge in [-0.05, 0) is 23.6 Å². The first-order valence-corrected chi connectivity index (χ1v) is 8.92. The van der Waals surface area contributed by atoms with Crippen LogP contribution in [0.25, 0.3) is 0 Å². The summed E-state index contributed by atoms with van der Waals surface area (Å²) >= 11 is 6.20. The summed E-state index contributed by atoms with van der Waals surface area (Å²) in [4.78, 5) is 37.3. The first kappa shape index (κ1) is 22.3. The minimum atomic E-state index is -0.861. The Balaban J connectivity index is 2.29. The Labute approximate surface area is 171 Å². The van der Waals surface area contributed by atoms with Crippen LogP contribution in [0.15, 0.2) is 24.4 Å². The van der Waals surface area contributed by atoms with Crippen molar-refractivity contribution in [3.05, 3.63) is 52.1 Å².